The summed E-state index contributed by atoms with van der Waals surface area (Å²) in [6.07, 6.45) is 1.75. The van der Waals surface area contributed by atoms with Gasteiger partial charge in [-0.3, -0.25) is 9.69 Å². The van der Waals surface area contributed by atoms with Gasteiger partial charge in [0.25, 0.3) is 5.91 Å². The third kappa shape index (κ3) is 3.67. The highest BCUT2D eigenvalue weighted by molar-refractivity contribution is 7.16. The highest BCUT2D eigenvalue weighted by Gasteiger charge is 2.49. The Morgan fingerprint density at radius 3 is 2.62 bits per heavy atom. The molecular weight excluding hydrogens is 370 g/mol. The molecular formula is C19H20ClN3O2S. The number of thiophene rings is 1. The van der Waals surface area contributed by atoms with Gasteiger partial charge in [0.2, 0.25) is 0 Å². The molecule has 1 fully saturated rings. The normalized spacial score (nSPS) is 19.9. The summed E-state index contributed by atoms with van der Waals surface area (Å²) in [5, 5.41) is 2.83. The third-order valence-corrected chi connectivity index (χ3v) is 5.58. The van der Waals surface area contributed by atoms with Crippen molar-refractivity contribution in [2.24, 2.45) is 0 Å². The van der Waals surface area contributed by atoms with Crippen LogP contribution in [-0.2, 0) is 16.9 Å². The van der Waals surface area contributed by atoms with E-state index >= 15 is 0 Å². The van der Waals surface area contributed by atoms with E-state index in [1.807, 2.05) is 47.4 Å². The second-order valence-electron chi connectivity index (χ2n) is 6.30. The predicted octanol–water partition coefficient (Wildman–Crippen LogP) is 3.81. The largest absolute Gasteiger partial charge is 0.326 e. The fourth-order valence-electron chi connectivity index (χ4n) is 3.00. The summed E-state index contributed by atoms with van der Waals surface area (Å²) in [6, 6.07) is 12.7. The summed E-state index contributed by atoms with van der Waals surface area (Å²) < 4.78 is 0.713. The summed E-state index contributed by atoms with van der Waals surface area (Å²) in [7, 11) is 0. The molecule has 2 heterocycles. The Morgan fingerprint density at radius 1 is 1.27 bits per heavy atom. The van der Waals surface area contributed by atoms with Crippen LogP contribution in [0.4, 0.5) is 4.79 Å². The van der Waals surface area contributed by atoms with Gasteiger partial charge in [0.15, 0.2) is 0 Å². The lowest BCUT2D eigenvalue weighted by Gasteiger charge is -2.26. The zero-order valence-electron chi connectivity index (χ0n) is 14.4. The Labute approximate surface area is 161 Å². The number of hydrogen-bond acceptors (Lipinski definition) is 4. The third-order valence-electron chi connectivity index (χ3n) is 4.36. The molecule has 3 amide bonds. The number of halogens is 1. The van der Waals surface area contributed by atoms with E-state index in [0.717, 1.165) is 10.4 Å². The van der Waals surface area contributed by atoms with Crippen LogP contribution in [0.15, 0.2) is 55.1 Å². The van der Waals surface area contributed by atoms with Crippen molar-refractivity contribution in [3.63, 3.8) is 0 Å². The van der Waals surface area contributed by atoms with Crippen LogP contribution >= 0.6 is 22.9 Å². The molecule has 5 nitrogen and oxygen atoms in total. The summed E-state index contributed by atoms with van der Waals surface area (Å²) in [5.41, 5.74) is -0.286. The van der Waals surface area contributed by atoms with E-state index in [1.165, 1.54) is 16.2 Å². The van der Waals surface area contributed by atoms with Crippen molar-refractivity contribution >= 4 is 34.9 Å². The summed E-state index contributed by atoms with van der Waals surface area (Å²) in [6.45, 7) is 6.83. The number of urea groups is 1. The number of rotatable bonds is 7. The Bertz CT molecular complexity index is 823. The first-order chi connectivity index (χ1) is 12.4. The molecule has 2 aromatic rings. The molecule has 1 aliphatic rings. The van der Waals surface area contributed by atoms with E-state index < -0.39 is 5.54 Å². The average molecular weight is 390 g/mol. The number of carbonyl (C=O) groups excluding carboxylic acids is 2. The molecule has 0 radical (unpaired) electrons. The first kappa shape index (κ1) is 18.6. The minimum atomic E-state index is -1.05. The number of imide groups is 1. The Morgan fingerprint density at radius 2 is 2.00 bits per heavy atom. The maximum atomic E-state index is 13.0. The molecule has 0 bridgehead atoms. The maximum Gasteiger partial charge on any atom is 0.326 e. The molecule has 3 rings (SSSR count). The Balaban J connectivity index is 1.78. The van der Waals surface area contributed by atoms with Gasteiger partial charge in [0, 0.05) is 18.0 Å². The van der Waals surface area contributed by atoms with Crippen molar-refractivity contribution in [2.75, 3.05) is 13.2 Å². The monoisotopic (exact) mass is 389 g/mol. The van der Waals surface area contributed by atoms with Crippen LogP contribution in [0, 0.1) is 0 Å². The van der Waals surface area contributed by atoms with Crippen molar-refractivity contribution in [3.05, 3.63) is 69.9 Å². The summed E-state index contributed by atoms with van der Waals surface area (Å²) >= 11 is 7.48. The Hall–Kier alpha value is -2.15. The second kappa shape index (κ2) is 7.61. The van der Waals surface area contributed by atoms with Gasteiger partial charge in [-0.25, -0.2) is 9.69 Å². The number of hydrogen-bond donors (Lipinski definition) is 1. The van der Waals surface area contributed by atoms with Gasteiger partial charge in [-0.05, 0) is 24.6 Å². The fourth-order valence-corrected chi connectivity index (χ4v) is 4.13. The second-order valence-corrected chi connectivity index (χ2v) is 8.10. The van der Waals surface area contributed by atoms with Gasteiger partial charge in [-0.15, -0.1) is 17.9 Å². The van der Waals surface area contributed by atoms with Gasteiger partial charge < -0.3 is 5.32 Å². The smallest absolute Gasteiger partial charge is 0.319 e. The molecule has 136 valence electrons. The molecule has 0 saturated carbocycles. The number of nitrogens with zero attached hydrogens (tertiary/aromatic N) is 2. The zero-order chi connectivity index (χ0) is 18.7. The van der Waals surface area contributed by atoms with Gasteiger partial charge in [-0.2, -0.15) is 0 Å². The van der Waals surface area contributed by atoms with Gasteiger partial charge in [0.1, 0.15) is 5.54 Å². The Kier molecular flexibility index (Phi) is 5.46. The topological polar surface area (TPSA) is 52.6 Å². The highest BCUT2D eigenvalue weighted by Crippen LogP contribution is 2.29. The number of carbonyl (C=O) groups is 2. The lowest BCUT2D eigenvalue weighted by molar-refractivity contribution is -0.132. The molecule has 0 aliphatic carbocycles. The first-order valence-corrected chi connectivity index (χ1v) is 9.40. The molecule has 0 spiro atoms. The minimum Gasteiger partial charge on any atom is -0.319 e. The number of benzene rings is 1. The molecule has 1 atom stereocenters. The number of nitrogens with one attached hydrogen (secondary N) is 1. The molecule has 26 heavy (non-hydrogen) atoms. The number of amides is 3. The van der Waals surface area contributed by atoms with E-state index in [4.69, 9.17) is 11.6 Å². The van der Waals surface area contributed by atoms with E-state index in [9.17, 15) is 9.59 Å². The van der Waals surface area contributed by atoms with Crippen LogP contribution in [0.1, 0.15) is 17.4 Å². The fraction of sp³-hybridized carbons (Fsp3) is 0.263. The quantitative estimate of drug-likeness (QED) is 0.578. The van der Waals surface area contributed by atoms with E-state index in [2.05, 4.69) is 11.9 Å². The standard InChI is InChI=1S/C19H20ClN3O2S/c1-3-11-22(12-15-9-10-16(20)26-15)13-23-17(24)19(2,21-18(23)25)14-7-5-4-6-8-14/h3-10H,1,11-13H2,2H3,(H,21,25)/t19-/m0/s1. The summed E-state index contributed by atoms with van der Waals surface area (Å²) in [4.78, 5) is 29.8. The minimum absolute atomic E-state index is 0.189. The molecule has 1 aliphatic heterocycles. The van der Waals surface area contributed by atoms with Crippen LogP contribution in [0.25, 0.3) is 0 Å². The van der Waals surface area contributed by atoms with E-state index in [-0.39, 0.29) is 18.6 Å². The van der Waals surface area contributed by atoms with E-state index in [1.54, 1.807) is 13.0 Å². The maximum absolute atomic E-state index is 13.0. The zero-order valence-corrected chi connectivity index (χ0v) is 16.0. The molecule has 1 N–H and O–H groups in total. The molecule has 7 heteroatoms. The van der Waals surface area contributed by atoms with Crippen molar-refractivity contribution in [1.29, 1.82) is 0 Å². The van der Waals surface area contributed by atoms with Crippen molar-refractivity contribution in [2.45, 2.75) is 19.0 Å². The molecule has 1 saturated heterocycles. The lowest BCUT2D eigenvalue weighted by atomic mass is 9.92. The van der Waals surface area contributed by atoms with E-state index in [0.29, 0.717) is 17.4 Å². The van der Waals surface area contributed by atoms with Crippen LogP contribution in [0.2, 0.25) is 4.34 Å². The molecule has 0 unspecified atom stereocenters. The van der Waals surface area contributed by atoms with Gasteiger partial charge in [-0.1, -0.05) is 48.0 Å². The van der Waals surface area contributed by atoms with Crippen LogP contribution < -0.4 is 5.32 Å². The summed E-state index contributed by atoms with van der Waals surface area (Å²) in [5.74, 6) is -0.257. The van der Waals surface area contributed by atoms with Gasteiger partial charge in [0.05, 0.1) is 11.0 Å². The van der Waals surface area contributed by atoms with Crippen LogP contribution in [-0.4, -0.2) is 35.0 Å². The lowest BCUT2D eigenvalue weighted by Crippen LogP contribution is -2.43. The highest BCUT2D eigenvalue weighted by atomic mass is 35.5. The molecule has 1 aromatic carbocycles. The van der Waals surface area contributed by atoms with Crippen molar-refractivity contribution in [3.8, 4) is 0 Å². The SMILES string of the molecule is C=CCN(Cc1ccc(Cl)s1)CN1C(=O)N[C@@](C)(c2ccccc2)C1=O. The molecule has 1 aromatic heterocycles. The van der Waals surface area contributed by atoms with Gasteiger partial charge >= 0.3 is 6.03 Å². The predicted molar refractivity (Wildman–Crippen MR) is 104 cm³/mol. The van der Waals surface area contributed by atoms with Crippen molar-refractivity contribution in [1.82, 2.24) is 15.1 Å². The van der Waals surface area contributed by atoms with Crippen LogP contribution in [0.5, 0.6) is 0 Å². The first-order valence-electron chi connectivity index (χ1n) is 8.21. The van der Waals surface area contributed by atoms with Crippen molar-refractivity contribution < 1.29 is 9.59 Å². The van der Waals surface area contributed by atoms with Crippen LogP contribution in [0.3, 0.4) is 0 Å². The average Bonchev–Trinajstić information content (AvgIpc) is 3.12.